The largest absolute Gasteiger partial charge is 0.497 e. The average Bonchev–Trinajstić information content (AvgIpc) is 3.15. The molecular weight excluding hydrogens is 366 g/mol. The first-order valence-electron chi connectivity index (χ1n) is 8.73. The highest BCUT2D eigenvalue weighted by atomic mass is 35.5. The molecule has 0 aliphatic carbocycles. The van der Waals surface area contributed by atoms with Gasteiger partial charge in [-0.2, -0.15) is 0 Å². The van der Waals surface area contributed by atoms with Gasteiger partial charge in [0, 0.05) is 29.4 Å². The number of rotatable bonds is 6. The average molecular weight is 390 g/mol. The van der Waals surface area contributed by atoms with E-state index < -0.39 is 0 Å². The SMILES string of the molecule is COc1ccc(NC(=O)c2ccc(NC(=O)CC3CCCN3)cc2)cc1.Cl. The van der Waals surface area contributed by atoms with Crippen LogP contribution in [0.4, 0.5) is 11.4 Å². The lowest BCUT2D eigenvalue weighted by Crippen LogP contribution is -2.27. The van der Waals surface area contributed by atoms with E-state index in [0.717, 1.165) is 25.1 Å². The lowest BCUT2D eigenvalue weighted by Gasteiger charge is -2.11. The summed E-state index contributed by atoms with van der Waals surface area (Å²) in [5.74, 6) is 0.513. The number of hydrogen-bond acceptors (Lipinski definition) is 4. The van der Waals surface area contributed by atoms with E-state index in [1.165, 1.54) is 0 Å². The maximum absolute atomic E-state index is 12.3. The van der Waals surface area contributed by atoms with Crippen molar-refractivity contribution < 1.29 is 14.3 Å². The van der Waals surface area contributed by atoms with Crippen LogP contribution in [0.1, 0.15) is 29.6 Å². The van der Waals surface area contributed by atoms with Crippen LogP contribution in [-0.4, -0.2) is 31.5 Å². The highest BCUT2D eigenvalue weighted by molar-refractivity contribution is 6.04. The van der Waals surface area contributed by atoms with E-state index in [0.29, 0.717) is 23.4 Å². The number of amides is 2. The van der Waals surface area contributed by atoms with Crippen molar-refractivity contribution in [1.29, 1.82) is 0 Å². The molecule has 1 saturated heterocycles. The molecule has 1 unspecified atom stereocenters. The Hall–Kier alpha value is -2.57. The fourth-order valence-corrected chi connectivity index (χ4v) is 2.95. The summed E-state index contributed by atoms with van der Waals surface area (Å²) in [7, 11) is 1.60. The van der Waals surface area contributed by atoms with E-state index in [1.807, 2.05) is 0 Å². The predicted octanol–water partition coefficient (Wildman–Crippen LogP) is 3.45. The second-order valence-electron chi connectivity index (χ2n) is 6.31. The number of carbonyl (C=O) groups excluding carboxylic acids is 2. The van der Waals surface area contributed by atoms with Crippen molar-refractivity contribution in [2.45, 2.75) is 25.3 Å². The molecule has 0 saturated carbocycles. The van der Waals surface area contributed by atoms with Crippen LogP contribution in [0.25, 0.3) is 0 Å². The van der Waals surface area contributed by atoms with Crippen LogP contribution in [0, 0.1) is 0 Å². The van der Waals surface area contributed by atoms with Crippen LogP contribution >= 0.6 is 12.4 Å². The number of carbonyl (C=O) groups is 2. The van der Waals surface area contributed by atoms with Gasteiger partial charge in [0.25, 0.3) is 5.91 Å². The summed E-state index contributed by atoms with van der Waals surface area (Å²) in [6.45, 7) is 0.982. The summed E-state index contributed by atoms with van der Waals surface area (Å²) in [6, 6.07) is 14.3. The quantitative estimate of drug-likeness (QED) is 0.707. The molecule has 7 heteroatoms. The van der Waals surface area contributed by atoms with Gasteiger partial charge in [0.1, 0.15) is 5.75 Å². The first kappa shape index (κ1) is 20.7. The van der Waals surface area contributed by atoms with Crippen LogP contribution in [0.2, 0.25) is 0 Å². The Labute approximate surface area is 165 Å². The zero-order valence-electron chi connectivity index (χ0n) is 15.2. The summed E-state index contributed by atoms with van der Waals surface area (Å²) in [5.41, 5.74) is 1.91. The standard InChI is InChI=1S/C20H23N3O3.ClH/c1-26-18-10-8-16(9-11-18)23-20(25)14-4-6-15(7-5-14)22-19(24)13-17-3-2-12-21-17;/h4-11,17,21H,2-3,12-13H2,1H3,(H,22,24)(H,23,25);1H. The number of hydrogen-bond donors (Lipinski definition) is 3. The third-order valence-electron chi connectivity index (χ3n) is 4.37. The second-order valence-corrected chi connectivity index (χ2v) is 6.31. The third-order valence-corrected chi connectivity index (χ3v) is 4.37. The van der Waals surface area contributed by atoms with E-state index in [1.54, 1.807) is 55.6 Å². The second kappa shape index (κ2) is 9.94. The number of benzene rings is 2. The van der Waals surface area contributed by atoms with E-state index in [4.69, 9.17) is 4.74 Å². The van der Waals surface area contributed by atoms with Gasteiger partial charge >= 0.3 is 0 Å². The van der Waals surface area contributed by atoms with Crippen molar-refractivity contribution in [3.63, 3.8) is 0 Å². The molecule has 0 spiro atoms. The molecule has 1 atom stereocenters. The number of nitrogens with one attached hydrogen (secondary N) is 3. The van der Waals surface area contributed by atoms with Crippen molar-refractivity contribution in [1.82, 2.24) is 5.32 Å². The summed E-state index contributed by atoms with van der Waals surface area (Å²) in [4.78, 5) is 24.3. The number of ether oxygens (including phenoxy) is 1. The van der Waals surface area contributed by atoms with Crippen molar-refractivity contribution in [2.75, 3.05) is 24.3 Å². The summed E-state index contributed by atoms with van der Waals surface area (Å²) < 4.78 is 5.09. The molecule has 27 heavy (non-hydrogen) atoms. The van der Waals surface area contributed by atoms with Gasteiger partial charge in [-0.15, -0.1) is 12.4 Å². The minimum Gasteiger partial charge on any atom is -0.497 e. The Bertz CT molecular complexity index is 757. The monoisotopic (exact) mass is 389 g/mol. The Balaban J connectivity index is 0.00000261. The lowest BCUT2D eigenvalue weighted by atomic mass is 10.1. The molecule has 0 bridgehead atoms. The van der Waals surface area contributed by atoms with Gasteiger partial charge in [-0.1, -0.05) is 0 Å². The number of anilines is 2. The molecule has 3 rings (SSSR count). The molecule has 2 amide bonds. The highest BCUT2D eigenvalue weighted by Gasteiger charge is 2.17. The van der Waals surface area contributed by atoms with Crippen LogP contribution in [0.15, 0.2) is 48.5 Å². The van der Waals surface area contributed by atoms with E-state index in [2.05, 4.69) is 16.0 Å². The summed E-state index contributed by atoms with van der Waals surface area (Å²) in [6.07, 6.45) is 2.63. The molecule has 0 radical (unpaired) electrons. The van der Waals surface area contributed by atoms with Gasteiger partial charge in [0.15, 0.2) is 0 Å². The Morgan fingerprint density at radius 2 is 1.67 bits per heavy atom. The Kier molecular flexibility index (Phi) is 7.64. The highest BCUT2D eigenvalue weighted by Crippen LogP contribution is 2.17. The normalized spacial score (nSPS) is 15.5. The molecule has 1 heterocycles. The van der Waals surface area contributed by atoms with Crippen LogP contribution in [-0.2, 0) is 4.79 Å². The van der Waals surface area contributed by atoms with Gasteiger partial charge < -0.3 is 20.7 Å². The van der Waals surface area contributed by atoms with Crippen molar-refractivity contribution >= 4 is 35.6 Å². The van der Waals surface area contributed by atoms with Crippen LogP contribution in [0.3, 0.4) is 0 Å². The predicted molar refractivity (Wildman–Crippen MR) is 109 cm³/mol. The van der Waals surface area contributed by atoms with E-state index in [9.17, 15) is 9.59 Å². The fourth-order valence-electron chi connectivity index (χ4n) is 2.95. The maximum atomic E-state index is 12.3. The molecule has 2 aromatic rings. The number of halogens is 1. The third kappa shape index (κ3) is 5.98. The van der Waals surface area contributed by atoms with Crippen molar-refractivity contribution in [3.05, 3.63) is 54.1 Å². The van der Waals surface area contributed by atoms with Gasteiger partial charge in [-0.3, -0.25) is 9.59 Å². The molecule has 0 aromatic heterocycles. The van der Waals surface area contributed by atoms with Crippen LogP contribution in [0.5, 0.6) is 5.75 Å². The zero-order valence-corrected chi connectivity index (χ0v) is 16.0. The topological polar surface area (TPSA) is 79.5 Å². The molecule has 2 aromatic carbocycles. The summed E-state index contributed by atoms with van der Waals surface area (Å²) >= 11 is 0. The smallest absolute Gasteiger partial charge is 0.255 e. The number of methoxy groups -OCH3 is 1. The molecule has 144 valence electrons. The van der Waals surface area contributed by atoms with Crippen molar-refractivity contribution in [3.8, 4) is 5.75 Å². The van der Waals surface area contributed by atoms with E-state index >= 15 is 0 Å². The summed E-state index contributed by atoms with van der Waals surface area (Å²) in [5, 5.41) is 9.01. The van der Waals surface area contributed by atoms with Gasteiger partial charge in [0.05, 0.1) is 7.11 Å². The fraction of sp³-hybridized carbons (Fsp3) is 0.300. The van der Waals surface area contributed by atoms with Crippen molar-refractivity contribution in [2.24, 2.45) is 0 Å². The Morgan fingerprint density at radius 3 is 2.26 bits per heavy atom. The molecule has 1 aliphatic rings. The first-order chi connectivity index (χ1) is 12.6. The molecule has 6 nitrogen and oxygen atoms in total. The van der Waals surface area contributed by atoms with Gasteiger partial charge in [-0.05, 0) is 67.9 Å². The van der Waals surface area contributed by atoms with Crippen LogP contribution < -0.4 is 20.7 Å². The molecule has 1 aliphatic heterocycles. The maximum Gasteiger partial charge on any atom is 0.255 e. The Morgan fingerprint density at radius 1 is 1.04 bits per heavy atom. The lowest BCUT2D eigenvalue weighted by molar-refractivity contribution is -0.116. The molecule has 1 fully saturated rings. The van der Waals surface area contributed by atoms with Gasteiger partial charge in [0.2, 0.25) is 5.91 Å². The van der Waals surface area contributed by atoms with Gasteiger partial charge in [-0.25, -0.2) is 0 Å². The molecule has 3 N–H and O–H groups in total. The zero-order chi connectivity index (χ0) is 18.4. The molecular formula is C20H24ClN3O3. The minimum atomic E-state index is -0.205. The van der Waals surface area contributed by atoms with E-state index in [-0.39, 0.29) is 30.3 Å². The first-order valence-corrected chi connectivity index (χ1v) is 8.73. The minimum absolute atomic E-state index is 0.